The Kier molecular flexibility index (Phi) is 41.6. The van der Waals surface area contributed by atoms with Crippen molar-refractivity contribution in [2.24, 2.45) is 0 Å². The quantitative estimate of drug-likeness (QED) is 0.0531. The van der Waals surface area contributed by atoms with Gasteiger partial charge in [0.05, 0.1) is 56.5 Å². The van der Waals surface area contributed by atoms with Gasteiger partial charge in [-0.25, -0.2) is 24.4 Å². The molecule has 4 heterocycles. The number of nitrogens with zero attached hydrogens (tertiary/aromatic N) is 5. The van der Waals surface area contributed by atoms with Gasteiger partial charge in [-0.15, -0.1) is 6.42 Å². The first-order valence-corrected chi connectivity index (χ1v) is 36.6. The smallest absolute Gasteiger partial charge is 1.00 e. The number of esters is 3. The number of methoxy groups -OCH3 is 3. The fourth-order valence-electron chi connectivity index (χ4n) is 11.1. The molecule has 12 rings (SSSR count). The second kappa shape index (κ2) is 46.7. The minimum atomic E-state index is -1.05. The van der Waals surface area contributed by atoms with E-state index in [4.69, 9.17) is 33.9 Å². The predicted octanol–water partition coefficient (Wildman–Crippen LogP) is 6.92. The second-order valence-electron chi connectivity index (χ2n) is 23.4. The average molecular weight is 1520 g/mol. The van der Waals surface area contributed by atoms with E-state index in [0.29, 0.717) is 60.0 Å². The van der Waals surface area contributed by atoms with Crippen LogP contribution in [0.2, 0.25) is 0 Å². The molecule has 6 fully saturated rings. The zero-order valence-corrected chi connectivity index (χ0v) is 68.0. The molecule has 4 atom stereocenters. The monoisotopic (exact) mass is 1520 g/mol. The normalized spacial score (nSPS) is 17.7. The van der Waals surface area contributed by atoms with E-state index < -0.39 is 23.9 Å². The first kappa shape index (κ1) is 87.4. The van der Waals surface area contributed by atoms with E-state index in [2.05, 4.69) is 62.3 Å². The number of piperidine rings is 2. The summed E-state index contributed by atoms with van der Waals surface area (Å²) >= 11 is 4.08. The second-order valence-corrected chi connectivity index (χ2v) is 24.3. The Labute approximate surface area is 684 Å². The maximum Gasteiger partial charge on any atom is 1.00 e. The molecule has 1 amide bonds. The number of ether oxygens (including phenoxy) is 5. The third kappa shape index (κ3) is 25.6. The summed E-state index contributed by atoms with van der Waals surface area (Å²) in [6, 6.07) is 36.8. The molecule has 0 bridgehead atoms. The Morgan fingerprint density at radius 3 is 1.30 bits per heavy atom. The molecule has 0 radical (unpaired) electrons. The maximum absolute atomic E-state index is 13.5. The maximum atomic E-state index is 13.5. The van der Waals surface area contributed by atoms with Crippen LogP contribution < -0.4 is 128 Å². The van der Waals surface area contributed by atoms with E-state index in [1.54, 1.807) is 42.5 Å². The Bertz CT molecular complexity index is 3560. The number of hydrogen-bond acceptors (Lipinski definition) is 18. The molecule has 2 aromatic heterocycles. The average Bonchev–Trinajstić information content (AvgIpc) is 0.820. The van der Waals surface area contributed by atoms with Gasteiger partial charge < -0.3 is 60.1 Å². The summed E-state index contributed by atoms with van der Waals surface area (Å²) in [5, 5.41) is 43.3. The molecule has 19 nitrogen and oxygen atoms in total. The number of likely N-dealkylation sites (tertiary alicyclic amines) is 1. The number of carboxylic acid groups (broad SMARTS) is 2. The van der Waals surface area contributed by atoms with E-state index in [1.165, 1.54) is 84.4 Å². The summed E-state index contributed by atoms with van der Waals surface area (Å²) in [6.45, 7) is 5.25. The fraction of sp³-hybridized carbons (Fsp3) is 0.419. The van der Waals surface area contributed by atoms with Crippen molar-refractivity contribution in [3.8, 4) is 23.9 Å². The number of rotatable bonds is 13. The Morgan fingerprint density at radius 2 is 0.939 bits per heavy atom. The molecule has 0 spiro atoms. The third-order valence-corrected chi connectivity index (χ3v) is 18.1. The zero-order valence-electron chi connectivity index (χ0n) is 56.4. The molecule has 6 aromatic rings. The third-order valence-electron chi connectivity index (χ3n) is 17.4. The van der Waals surface area contributed by atoms with E-state index in [0.717, 1.165) is 102 Å². The minimum absolute atomic E-state index is 0. The number of halogens is 2. The van der Waals surface area contributed by atoms with E-state index in [9.17, 15) is 44.2 Å². The fourth-order valence-corrected chi connectivity index (χ4v) is 11.5. The molecule has 24 heteroatoms. The molecule has 506 valence electrons. The molecule has 2 aliphatic heterocycles. The molecule has 1 N–H and O–H groups in total. The van der Waals surface area contributed by atoms with Gasteiger partial charge in [0.15, 0.2) is 0 Å². The SMILES string of the molecule is C.COC(=O)c1c(C#N)ccnc1O[C@@H]1CC[C@@H](C)N(C(=O)c2ccccc2C2CCC2)C1.COC(=O)c1c(C#N)ccnc1O[C@@H]1CC[C@@H](C)NC1.COC(=O)c1ccccc1Br.O=C([O-])c1ccccc1C1CCC1.O=C([O-])c1ccccc1C1CCC1.[CH-]1CCC1.[Cl][Zn+].[K+].[K+]. The van der Waals surface area contributed by atoms with E-state index >= 15 is 0 Å². The number of nitriles is 2. The number of aromatic carboxylic acids is 2. The van der Waals surface area contributed by atoms with Crippen molar-refractivity contribution in [3.63, 3.8) is 0 Å². The van der Waals surface area contributed by atoms with Gasteiger partial charge in [-0.05, 0) is 159 Å². The number of nitrogens with one attached hydrogen (secondary N) is 1. The largest absolute Gasteiger partial charge is 1.00 e. The molecule has 4 aromatic carbocycles. The number of carboxylic acids is 2. The van der Waals surface area contributed by atoms with Crippen LogP contribution in [0.15, 0.2) is 126 Å². The number of aromatic nitrogens is 2. The molecular formula is C74H84BrClK2N6O13Zn. The van der Waals surface area contributed by atoms with Crippen LogP contribution in [0.4, 0.5) is 0 Å². The number of pyridine rings is 2. The van der Waals surface area contributed by atoms with Gasteiger partial charge in [-0.1, -0.05) is 106 Å². The molecule has 0 unspecified atom stereocenters. The van der Waals surface area contributed by atoms with Crippen LogP contribution in [0.1, 0.15) is 232 Å². The van der Waals surface area contributed by atoms with Gasteiger partial charge in [0, 0.05) is 52.2 Å². The van der Waals surface area contributed by atoms with Crippen LogP contribution in [-0.4, -0.2) is 109 Å². The Hall–Kier alpha value is -4.79. The zero-order chi connectivity index (χ0) is 68.8. The van der Waals surface area contributed by atoms with Gasteiger partial charge in [0.2, 0.25) is 11.8 Å². The van der Waals surface area contributed by atoms with Crippen molar-refractivity contribution < 1.29 is 183 Å². The summed E-state index contributed by atoms with van der Waals surface area (Å²) in [6.07, 6.45) is 22.7. The number of carbonyl (C=O) groups is 6. The van der Waals surface area contributed by atoms with Crippen LogP contribution >= 0.6 is 25.6 Å². The molecule has 4 saturated carbocycles. The van der Waals surface area contributed by atoms with Crippen LogP contribution in [0.5, 0.6) is 11.8 Å². The molecule has 98 heavy (non-hydrogen) atoms. The standard InChI is InChI=1S/C25H27N3O4.C14H17N3O3.2C11H12O2.C8H7BrO2.C4H7.CH4.ClH.2K.Zn/c1-16-10-11-19(32-23-22(25(30)31-2)18(14-26)12-13-27-23)15-28(16)24(29)21-9-4-3-8-20(21)17-6-5-7-17;1-9-3-4-11(8-17-9)20-13-12(14(18)19-2)10(7-15)5-6-16-13;2*12-11(13)10-7-2-1-6-9(10)8-4-3-5-8;1-11-8(10)6-4-2-3-5-7(6)9;1-2-4-3-1;;;;;/h3-4,8-9,12-13,16-17,19H,5-7,10-11,15H2,1-2H3;5-6,9,11,17H,3-4,8H2,1-2H3;2*1-2,6-8H,3-5H2,(H,12,13);2-5H,1H3;1H,2-4H2;1H4;1H;;;/q;;;;;-1;;;2*+1;+2/p-3/t16-,19-;9-,11-;;;;;;;;;/m11........./s1. The van der Waals surface area contributed by atoms with Crippen molar-refractivity contribution in [1.82, 2.24) is 20.2 Å². The van der Waals surface area contributed by atoms with E-state index in [1.807, 2.05) is 65.6 Å². The van der Waals surface area contributed by atoms with Crippen molar-refractivity contribution in [2.45, 2.75) is 166 Å². The number of amides is 1. The first-order valence-electron chi connectivity index (χ1n) is 31.9. The molecular weight excluding hydrogens is 1440 g/mol. The van der Waals surface area contributed by atoms with Gasteiger partial charge in [0.25, 0.3) is 5.91 Å². The number of carbonyl (C=O) groups excluding carboxylic acids is 6. The van der Waals surface area contributed by atoms with Gasteiger partial charge in [-0.3, -0.25) is 4.79 Å². The van der Waals surface area contributed by atoms with Crippen molar-refractivity contribution in [1.29, 1.82) is 10.5 Å². The van der Waals surface area contributed by atoms with Crippen LogP contribution in [0.3, 0.4) is 0 Å². The summed E-state index contributed by atoms with van der Waals surface area (Å²) in [5.41, 5.74) is 5.56. The Balaban J connectivity index is 0.000000327. The molecule has 6 aliphatic rings. The van der Waals surface area contributed by atoms with Crippen LogP contribution in [0.25, 0.3) is 0 Å². The summed E-state index contributed by atoms with van der Waals surface area (Å²) < 4.78 is 26.7. The van der Waals surface area contributed by atoms with Gasteiger partial charge >= 0.3 is 148 Å². The summed E-state index contributed by atoms with van der Waals surface area (Å²) in [7, 11) is 8.65. The molecule has 2 saturated heterocycles. The Morgan fingerprint density at radius 1 is 0.561 bits per heavy atom. The van der Waals surface area contributed by atoms with Crippen molar-refractivity contribution in [3.05, 3.63) is 194 Å². The van der Waals surface area contributed by atoms with Crippen LogP contribution in [-0.2, 0) is 31.5 Å². The topological polar surface area (TPSA) is 283 Å². The van der Waals surface area contributed by atoms with Crippen molar-refractivity contribution >= 4 is 61.4 Å². The van der Waals surface area contributed by atoms with Gasteiger partial charge in [-0.2, -0.15) is 23.4 Å². The predicted molar refractivity (Wildman–Crippen MR) is 360 cm³/mol. The van der Waals surface area contributed by atoms with Crippen LogP contribution in [0, 0.1) is 29.1 Å². The van der Waals surface area contributed by atoms with Gasteiger partial charge in [0.1, 0.15) is 35.5 Å². The van der Waals surface area contributed by atoms with Crippen molar-refractivity contribution in [2.75, 3.05) is 34.4 Å². The number of benzene rings is 4. The summed E-state index contributed by atoms with van der Waals surface area (Å²) in [5.74, 6) is -2.10. The minimum Gasteiger partial charge on any atom is 1.00 e. The summed E-state index contributed by atoms with van der Waals surface area (Å²) in [4.78, 5) is 80.2. The number of hydrogen-bond donors (Lipinski definition) is 1. The first-order chi connectivity index (χ1) is 46.0. The molecule has 4 aliphatic carbocycles. The van der Waals surface area contributed by atoms with E-state index in [-0.39, 0.29) is 174 Å².